The smallest absolute Gasteiger partial charge is 0.269 e. The second-order valence-corrected chi connectivity index (χ2v) is 23.8. The summed E-state index contributed by atoms with van der Waals surface area (Å²) in [7, 11) is -11.0. The van der Waals surface area contributed by atoms with E-state index in [0.717, 1.165) is 23.5 Å². The fourth-order valence-corrected chi connectivity index (χ4v) is 12.9. The van der Waals surface area contributed by atoms with E-state index in [9.17, 15) is 60.0 Å². The molecule has 6 aromatic rings. The fourth-order valence-electron chi connectivity index (χ4n) is 8.42. The molecule has 414 valence electrons. The third-order valence-corrected chi connectivity index (χ3v) is 18.7. The molecule has 3 aliphatic rings. The number of hydrogen-bond donors (Lipinski definition) is 0. The van der Waals surface area contributed by atoms with Gasteiger partial charge in [-0.25, -0.2) is 29.6 Å². The van der Waals surface area contributed by atoms with Gasteiger partial charge in [-0.05, 0) is 84.4 Å². The van der Waals surface area contributed by atoms with E-state index in [1.54, 1.807) is 18.2 Å². The largest absolute Gasteiger partial charge is 0.369 e. The topological polar surface area (TPSA) is 251 Å². The van der Waals surface area contributed by atoms with E-state index < -0.39 is 44.8 Å². The number of sulfonamides is 3. The summed E-state index contributed by atoms with van der Waals surface area (Å²) in [5.41, 5.74) is 2.53. The van der Waals surface area contributed by atoms with Crippen LogP contribution in [-0.2, 0) is 30.1 Å². The zero-order valence-electron chi connectivity index (χ0n) is 41.2. The van der Waals surface area contributed by atoms with Crippen molar-refractivity contribution < 1.29 is 44.4 Å². The monoisotopic (exact) mass is 1150 g/mol. The molecule has 0 unspecified atom stereocenters. The van der Waals surface area contributed by atoms with E-state index in [1.807, 2.05) is 53.4 Å². The zero-order chi connectivity index (χ0) is 55.3. The van der Waals surface area contributed by atoms with Gasteiger partial charge >= 0.3 is 0 Å². The van der Waals surface area contributed by atoms with Gasteiger partial charge in [-0.2, -0.15) is 12.9 Å². The van der Waals surface area contributed by atoms with Crippen LogP contribution in [-0.4, -0.2) is 143 Å². The number of nitro groups is 3. The molecule has 0 aromatic heterocycles. The van der Waals surface area contributed by atoms with Gasteiger partial charge in [0.25, 0.3) is 17.1 Å². The lowest BCUT2D eigenvalue weighted by atomic mass is 10.2. The number of nitro benzene ring substituents is 3. The zero-order valence-corrected chi connectivity index (χ0v) is 44.4. The summed E-state index contributed by atoms with van der Waals surface area (Å²) in [4.78, 5) is 36.9. The van der Waals surface area contributed by atoms with Crippen molar-refractivity contribution in [2.75, 3.05) is 94.9 Å². The van der Waals surface area contributed by atoms with Crippen molar-refractivity contribution in [2.45, 2.75) is 22.1 Å². The standard InChI is InChI=1S/C19H21N3O4S.C16H16ClN3O4S.C16H16FN3O4S.CH4/c23-22(24)18-8-10-19(11-9-18)27(25,26)21-15-13-20(14-16-21)12-4-7-17-5-2-1-3-6-17;17-13-2-1-3-15(12-13)18-8-10-19(11-9-18)25(23,24)16-6-4-14(5-7-16)20(21)22;17-13-1-3-14(4-2-13)18-9-11-19(12-10-18)25(23,24)16-7-5-15(6-8-16)20(21)22;/h1-11H,12-16H2;1-7,12H,8-11H2;1-8H,9-12H2;1H4/b7-4+;;;. The second kappa shape index (κ2) is 26.9. The van der Waals surface area contributed by atoms with E-state index in [4.69, 9.17) is 11.6 Å². The molecule has 21 nitrogen and oxygen atoms in total. The van der Waals surface area contributed by atoms with Crippen molar-refractivity contribution in [3.63, 3.8) is 0 Å². The highest BCUT2D eigenvalue weighted by Gasteiger charge is 2.32. The fraction of sp³-hybridized carbons (Fsp3) is 0.269. The molecule has 3 saturated heterocycles. The van der Waals surface area contributed by atoms with Crippen LogP contribution < -0.4 is 9.80 Å². The van der Waals surface area contributed by atoms with Gasteiger partial charge in [0.15, 0.2) is 0 Å². The van der Waals surface area contributed by atoms with Gasteiger partial charge < -0.3 is 9.80 Å². The molecule has 78 heavy (non-hydrogen) atoms. The Bertz CT molecular complexity index is 3370. The van der Waals surface area contributed by atoms with E-state index in [2.05, 4.69) is 22.0 Å². The number of hydrogen-bond acceptors (Lipinski definition) is 15. The van der Waals surface area contributed by atoms with Crippen LogP contribution in [0.1, 0.15) is 13.0 Å². The van der Waals surface area contributed by atoms with Crippen LogP contribution in [0.5, 0.6) is 0 Å². The Morgan fingerprint density at radius 3 is 1.21 bits per heavy atom. The van der Waals surface area contributed by atoms with Gasteiger partial charge in [-0.15, -0.1) is 0 Å². The SMILES string of the molecule is C.O=[N+]([O-])c1ccc(S(=O)(=O)N2CCN(C/C=C/c3ccccc3)CC2)cc1.O=[N+]([O-])c1ccc(S(=O)(=O)N2CCN(c3ccc(F)cc3)CC2)cc1.O=[N+]([O-])c1ccc(S(=O)(=O)N2CCN(c3cccc(Cl)c3)CC2)cc1. The molecule has 0 aliphatic carbocycles. The summed E-state index contributed by atoms with van der Waals surface area (Å²) in [6, 6.07) is 38.4. The number of piperazine rings is 3. The average molecular weight is 1150 g/mol. The number of non-ortho nitro benzene ring substituents is 3. The number of anilines is 2. The van der Waals surface area contributed by atoms with Crippen LogP contribution in [0.4, 0.5) is 32.8 Å². The first-order chi connectivity index (χ1) is 36.7. The highest BCUT2D eigenvalue weighted by molar-refractivity contribution is 7.89. The lowest BCUT2D eigenvalue weighted by molar-refractivity contribution is -0.385. The molecule has 3 aliphatic heterocycles. The normalized spacial score (nSPS) is 16.0. The maximum atomic E-state index is 13.0. The molecule has 6 aromatic carbocycles. The Morgan fingerprint density at radius 1 is 0.462 bits per heavy atom. The molecule has 0 N–H and O–H groups in total. The maximum absolute atomic E-state index is 13.0. The lowest BCUT2D eigenvalue weighted by Crippen LogP contribution is -2.48. The van der Waals surface area contributed by atoms with Crippen molar-refractivity contribution in [3.05, 3.63) is 204 Å². The highest BCUT2D eigenvalue weighted by Crippen LogP contribution is 2.27. The first-order valence-corrected chi connectivity index (χ1v) is 28.6. The second-order valence-electron chi connectivity index (χ2n) is 17.5. The molecule has 0 atom stereocenters. The van der Waals surface area contributed by atoms with Crippen LogP contribution in [0.25, 0.3) is 6.08 Å². The third-order valence-electron chi connectivity index (χ3n) is 12.7. The minimum absolute atomic E-state index is 0. The van der Waals surface area contributed by atoms with E-state index in [1.165, 1.54) is 97.8 Å². The minimum atomic E-state index is -3.69. The summed E-state index contributed by atoms with van der Waals surface area (Å²) in [5, 5.41) is 32.7. The van der Waals surface area contributed by atoms with Crippen molar-refractivity contribution >= 4 is 76.2 Å². The number of nitrogens with zero attached hydrogens (tertiary/aromatic N) is 9. The Hall–Kier alpha value is -7.23. The first kappa shape index (κ1) is 60.0. The third kappa shape index (κ3) is 15.5. The molecule has 0 radical (unpaired) electrons. The van der Waals surface area contributed by atoms with Gasteiger partial charge in [0.05, 0.1) is 29.5 Å². The Balaban J connectivity index is 0.000000188. The van der Waals surface area contributed by atoms with Gasteiger partial charge in [0.2, 0.25) is 30.1 Å². The van der Waals surface area contributed by atoms with Crippen molar-refractivity contribution in [1.29, 1.82) is 0 Å². The van der Waals surface area contributed by atoms with Gasteiger partial charge in [0.1, 0.15) is 5.82 Å². The van der Waals surface area contributed by atoms with Crippen molar-refractivity contribution in [1.82, 2.24) is 17.8 Å². The van der Waals surface area contributed by atoms with Crippen LogP contribution in [0, 0.1) is 36.2 Å². The summed E-state index contributed by atoms with van der Waals surface area (Å²) in [5.74, 6) is -0.317. The first-order valence-electron chi connectivity index (χ1n) is 23.9. The molecule has 26 heteroatoms. The van der Waals surface area contributed by atoms with Gasteiger partial charge in [-0.3, -0.25) is 35.2 Å². The maximum Gasteiger partial charge on any atom is 0.269 e. The Morgan fingerprint density at radius 2 is 0.833 bits per heavy atom. The molecular formula is C52H57ClFN9O12S3. The number of benzene rings is 6. The molecular weight excluding hydrogens is 1090 g/mol. The molecule has 0 amide bonds. The molecule has 0 spiro atoms. The summed E-state index contributed by atoms with van der Waals surface area (Å²) in [6.45, 7) is 6.17. The molecule has 9 rings (SSSR count). The van der Waals surface area contributed by atoms with Crippen LogP contribution >= 0.6 is 11.6 Å². The van der Waals surface area contributed by atoms with Crippen LogP contribution in [0.15, 0.2) is 172 Å². The average Bonchev–Trinajstić information content (AvgIpc) is 3.46. The number of rotatable bonds is 14. The Kier molecular flexibility index (Phi) is 20.7. The number of halogens is 2. The highest BCUT2D eigenvalue weighted by atomic mass is 35.5. The summed E-state index contributed by atoms with van der Waals surface area (Å²) < 4.78 is 93.2. The minimum Gasteiger partial charge on any atom is -0.369 e. The van der Waals surface area contributed by atoms with Crippen molar-refractivity contribution in [2.24, 2.45) is 0 Å². The van der Waals surface area contributed by atoms with Crippen molar-refractivity contribution in [3.8, 4) is 0 Å². The van der Waals surface area contributed by atoms with Gasteiger partial charge in [0, 0.05) is 138 Å². The molecule has 0 saturated carbocycles. The molecule has 3 fully saturated rings. The predicted molar refractivity (Wildman–Crippen MR) is 296 cm³/mol. The quantitative estimate of drug-likeness (QED) is 0.0735. The van der Waals surface area contributed by atoms with E-state index in [0.29, 0.717) is 70.5 Å². The van der Waals surface area contributed by atoms with Crippen LogP contribution in [0.3, 0.4) is 0 Å². The predicted octanol–water partition coefficient (Wildman–Crippen LogP) is 8.25. The summed E-state index contributed by atoms with van der Waals surface area (Å²) >= 11 is 6.00. The van der Waals surface area contributed by atoms with E-state index in [-0.39, 0.29) is 58.1 Å². The molecule has 3 heterocycles. The van der Waals surface area contributed by atoms with Gasteiger partial charge in [-0.1, -0.05) is 67.6 Å². The summed E-state index contributed by atoms with van der Waals surface area (Å²) in [6.07, 6.45) is 4.13. The van der Waals surface area contributed by atoms with Crippen LogP contribution in [0.2, 0.25) is 5.02 Å². The lowest BCUT2D eigenvalue weighted by Gasteiger charge is -2.35. The Labute approximate surface area is 457 Å². The molecule has 0 bridgehead atoms. The van der Waals surface area contributed by atoms with E-state index >= 15 is 0 Å².